The van der Waals surface area contributed by atoms with Gasteiger partial charge >= 0.3 is 0 Å². The molecule has 0 radical (unpaired) electrons. The van der Waals surface area contributed by atoms with E-state index in [1.54, 1.807) is 0 Å². The molecule has 0 atom stereocenters. The summed E-state index contributed by atoms with van der Waals surface area (Å²) in [6.45, 7) is 0. The summed E-state index contributed by atoms with van der Waals surface area (Å²) >= 11 is 1.52. The Bertz CT molecular complexity index is 305. The molecule has 1 aromatic rings. The molecule has 72 valence electrons. The van der Waals surface area contributed by atoms with Gasteiger partial charge in [-0.1, -0.05) is 0 Å². The van der Waals surface area contributed by atoms with Crippen LogP contribution in [0.25, 0.3) is 0 Å². The lowest BCUT2D eigenvalue weighted by molar-refractivity contribution is 0.325. The van der Waals surface area contributed by atoms with E-state index in [1.807, 2.05) is 0 Å². The monoisotopic (exact) mass is 301 g/mol. The lowest BCUT2D eigenvalue weighted by Gasteiger charge is -2.06. The zero-order valence-electron chi connectivity index (χ0n) is 6.90. The Balaban J connectivity index is 3.36. The van der Waals surface area contributed by atoms with E-state index >= 15 is 0 Å². The first kappa shape index (κ1) is 10.4. The highest BCUT2D eigenvalue weighted by Gasteiger charge is 2.19. The minimum absolute atomic E-state index is 0.193. The van der Waals surface area contributed by atoms with Crippen LogP contribution in [-0.4, -0.2) is 19.2 Å². The Hall–Kier alpha value is -0.660. The van der Waals surface area contributed by atoms with Crippen LogP contribution >= 0.6 is 22.6 Å². The van der Waals surface area contributed by atoms with Crippen molar-refractivity contribution in [3.8, 4) is 11.8 Å². The normalized spacial score (nSPS) is 9.92. The van der Waals surface area contributed by atoms with Gasteiger partial charge in [0.15, 0.2) is 0 Å². The Labute approximate surface area is 87.2 Å². The predicted molar refractivity (Wildman–Crippen MR) is 50.0 cm³/mol. The highest BCUT2D eigenvalue weighted by Crippen LogP contribution is 2.28. The molecular formula is C7H6F2INO2. The van der Waals surface area contributed by atoms with Gasteiger partial charge in [0.05, 0.1) is 17.8 Å². The van der Waals surface area contributed by atoms with Crippen LogP contribution in [0.15, 0.2) is 0 Å². The zero-order chi connectivity index (χ0) is 10.0. The van der Waals surface area contributed by atoms with Crippen LogP contribution in [0.5, 0.6) is 11.8 Å². The van der Waals surface area contributed by atoms with Crippen LogP contribution in [0.4, 0.5) is 8.78 Å². The fraction of sp³-hybridized carbons (Fsp3) is 0.286. The summed E-state index contributed by atoms with van der Waals surface area (Å²) in [6.07, 6.45) is 0. The summed E-state index contributed by atoms with van der Waals surface area (Å²) in [5, 5.41) is 0. The third kappa shape index (κ3) is 1.82. The van der Waals surface area contributed by atoms with Crippen molar-refractivity contribution in [2.75, 3.05) is 14.2 Å². The first-order valence-corrected chi connectivity index (χ1v) is 4.32. The standard InChI is InChI=1S/C7H6F2INO2/c1-12-6-3(8)5(10)4(9)7(11-6)13-2/h1-2H3. The van der Waals surface area contributed by atoms with Crippen molar-refractivity contribution in [1.29, 1.82) is 0 Å². The van der Waals surface area contributed by atoms with Crippen LogP contribution < -0.4 is 9.47 Å². The van der Waals surface area contributed by atoms with E-state index < -0.39 is 11.6 Å². The largest absolute Gasteiger partial charge is 0.479 e. The maximum absolute atomic E-state index is 13.1. The second-order valence-electron chi connectivity index (χ2n) is 2.07. The molecule has 0 aromatic carbocycles. The second kappa shape index (κ2) is 4.03. The molecule has 1 aromatic heterocycles. The molecule has 0 N–H and O–H groups in total. The summed E-state index contributed by atoms with van der Waals surface area (Å²) in [4.78, 5) is 3.47. The minimum atomic E-state index is -0.818. The Morgan fingerprint density at radius 1 is 1.08 bits per heavy atom. The lowest BCUT2D eigenvalue weighted by atomic mass is 10.4. The van der Waals surface area contributed by atoms with Crippen molar-refractivity contribution >= 4 is 22.6 Å². The van der Waals surface area contributed by atoms with Crippen LogP contribution in [0.3, 0.4) is 0 Å². The Morgan fingerprint density at radius 3 is 1.77 bits per heavy atom. The Kier molecular flexibility index (Phi) is 3.23. The molecule has 0 unspecified atom stereocenters. The van der Waals surface area contributed by atoms with Gasteiger partial charge in [-0.15, -0.1) is 0 Å². The highest BCUT2D eigenvalue weighted by molar-refractivity contribution is 14.1. The number of hydrogen-bond acceptors (Lipinski definition) is 3. The van der Waals surface area contributed by atoms with Crippen LogP contribution in [0.1, 0.15) is 0 Å². The number of methoxy groups -OCH3 is 2. The van der Waals surface area contributed by atoms with Gasteiger partial charge in [-0.05, 0) is 22.6 Å². The fourth-order valence-electron chi connectivity index (χ4n) is 0.745. The van der Waals surface area contributed by atoms with Crippen LogP contribution in [0, 0.1) is 15.2 Å². The molecule has 0 amide bonds. The molecule has 0 aliphatic carbocycles. The Morgan fingerprint density at radius 2 is 1.46 bits per heavy atom. The molecule has 6 heteroatoms. The molecule has 13 heavy (non-hydrogen) atoms. The van der Waals surface area contributed by atoms with E-state index in [1.165, 1.54) is 36.8 Å². The van der Waals surface area contributed by atoms with E-state index in [0.29, 0.717) is 0 Å². The molecule has 3 nitrogen and oxygen atoms in total. The van der Waals surface area contributed by atoms with Gasteiger partial charge in [0.1, 0.15) is 0 Å². The van der Waals surface area contributed by atoms with Gasteiger partial charge in [0.2, 0.25) is 11.6 Å². The van der Waals surface area contributed by atoms with Gasteiger partial charge in [-0.3, -0.25) is 0 Å². The SMILES string of the molecule is COc1nc(OC)c(F)c(I)c1F. The molecule has 0 spiro atoms. The quantitative estimate of drug-likeness (QED) is 0.783. The van der Waals surface area contributed by atoms with E-state index in [-0.39, 0.29) is 15.3 Å². The topological polar surface area (TPSA) is 31.4 Å². The van der Waals surface area contributed by atoms with E-state index in [0.717, 1.165) is 0 Å². The highest BCUT2D eigenvalue weighted by atomic mass is 127. The number of hydrogen-bond donors (Lipinski definition) is 0. The van der Waals surface area contributed by atoms with Crippen molar-refractivity contribution in [3.05, 3.63) is 15.2 Å². The van der Waals surface area contributed by atoms with Crippen molar-refractivity contribution in [3.63, 3.8) is 0 Å². The average molecular weight is 301 g/mol. The number of nitrogens with zero attached hydrogens (tertiary/aromatic N) is 1. The molecule has 0 saturated carbocycles. The summed E-state index contributed by atoms with van der Waals surface area (Å²) in [5.41, 5.74) is 0. The second-order valence-corrected chi connectivity index (χ2v) is 3.15. The van der Waals surface area contributed by atoms with Crippen molar-refractivity contribution < 1.29 is 18.3 Å². The summed E-state index contributed by atoms with van der Waals surface area (Å²) in [6, 6.07) is 0. The molecule has 0 aliphatic heterocycles. The van der Waals surface area contributed by atoms with Gasteiger partial charge in [-0.25, -0.2) is 0 Å². The third-order valence-corrected chi connectivity index (χ3v) is 2.30. The maximum atomic E-state index is 13.1. The van der Waals surface area contributed by atoms with Gasteiger partial charge in [0.25, 0.3) is 11.8 Å². The molecule has 1 heterocycles. The first-order valence-electron chi connectivity index (χ1n) is 3.24. The number of aromatic nitrogens is 1. The van der Waals surface area contributed by atoms with Crippen molar-refractivity contribution in [2.45, 2.75) is 0 Å². The number of rotatable bonds is 2. The van der Waals surface area contributed by atoms with Gasteiger partial charge in [-0.2, -0.15) is 13.8 Å². The minimum Gasteiger partial charge on any atom is -0.479 e. The van der Waals surface area contributed by atoms with Gasteiger partial charge < -0.3 is 9.47 Å². The summed E-state index contributed by atoms with van der Waals surface area (Å²) in [5.74, 6) is -2.19. The molecule has 0 fully saturated rings. The molecule has 1 rings (SSSR count). The molecular weight excluding hydrogens is 295 g/mol. The summed E-state index contributed by atoms with van der Waals surface area (Å²) in [7, 11) is 2.50. The van der Waals surface area contributed by atoms with Crippen LogP contribution in [-0.2, 0) is 0 Å². The number of pyridine rings is 1. The van der Waals surface area contributed by atoms with E-state index in [9.17, 15) is 8.78 Å². The van der Waals surface area contributed by atoms with E-state index in [2.05, 4.69) is 14.5 Å². The van der Waals surface area contributed by atoms with Crippen LogP contribution in [0.2, 0.25) is 0 Å². The average Bonchev–Trinajstić information content (AvgIpc) is 2.15. The zero-order valence-corrected chi connectivity index (χ0v) is 9.06. The number of halogens is 3. The lowest BCUT2D eigenvalue weighted by Crippen LogP contribution is -2.02. The first-order chi connectivity index (χ1) is 6.11. The van der Waals surface area contributed by atoms with E-state index in [4.69, 9.17) is 0 Å². The maximum Gasteiger partial charge on any atom is 0.254 e. The van der Waals surface area contributed by atoms with Crippen molar-refractivity contribution in [2.24, 2.45) is 0 Å². The smallest absolute Gasteiger partial charge is 0.254 e. The third-order valence-electron chi connectivity index (χ3n) is 1.35. The number of ether oxygens (including phenoxy) is 2. The molecule has 0 saturated heterocycles. The predicted octanol–water partition coefficient (Wildman–Crippen LogP) is 1.98. The fourth-order valence-corrected chi connectivity index (χ4v) is 1.21. The molecule has 0 aliphatic rings. The summed E-state index contributed by atoms with van der Waals surface area (Å²) < 4.78 is 35.2. The molecule has 0 bridgehead atoms. The van der Waals surface area contributed by atoms with Crippen molar-refractivity contribution in [1.82, 2.24) is 4.98 Å². The van der Waals surface area contributed by atoms with Gasteiger partial charge in [0, 0.05) is 0 Å².